The van der Waals surface area contributed by atoms with Crippen molar-refractivity contribution in [1.82, 2.24) is 0 Å². The molecule has 1 aliphatic carbocycles. The van der Waals surface area contributed by atoms with Gasteiger partial charge in [-0.25, -0.2) is 4.79 Å². The maximum Gasteiger partial charge on any atom is 0.391 e. The molecule has 0 aromatic heterocycles. The summed E-state index contributed by atoms with van der Waals surface area (Å²) in [6, 6.07) is 0. The highest BCUT2D eigenvalue weighted by Gasteiger charge is 2.41. The molecule has 15 heavy (non-hydrogen) atoms. The molecule has 0 amide bonds. The second-order valence-electron chi connectivity index (χ2n) is 3.54. The van der Waals surface area contributed by atoms with Gasteiger partial charge in [0.25, 0.3) is 0 Å². The fourth-order valence-corrected chi connectivity index (χ4v) is 1.66. The van der Waals surface area contributed by atoms with Crippen molar-refractivity contribution in [3.8, 4) is 0 Å². The maximum absolute atomic E-state index is 12.8. The molecule has 1 saturated carbocycles. The fraction of sp³-hybridized carbons (Fsp3) is 0.667. The van der Waals surface area contributed by atoms with E-state index in [1.807, 2.05) is 0 Å². The van der Waals surface area contributed by atoms with Crippen LogP contribution in [0, 0.1) is 5.92 Å². The molecule has 0 unspecified atom stereocenters. The molecule has 0 radical (unpaired) electrons. The van der Waals surface area contributed by atoms with Crippen LogP contribution in [0.5, 0.6) is 0 Å². The average molecular weight is 226 g/mol. The van der Waals surface area contributed by atoms with Crippen LogP contribution in [0.15, 0.2) is 11.4 Å². The van der Waals surface area contributed by atoms with Crippen LogP contribution in [0.1, 0.15) is 25.7 Å². The molecule has 0 spiro atoms. The molecule has 1 N–H and O–H groups in total. The van der Waals surface area contributed by atoms with Gasteiger partial charge in [0.1, 0.15) is 0 Å². The van der Waals surface area contributed by atoms with E-state index in [0.717, 1.165) is 0 Å². The zero-order valence-corrected chi connectivity index (χ0v) is 7.77. The topological polar surface area (TPSA) is 37.3 Å². The number of alkyl halides is 3. The summed E-state index contributed by atoms with van der Waals surface area (Å²) >= 11 is 0. The van der Waals surface area contributed by atoms with E-state index in [2.05, 4.69) is 0 Å². The van der Waals surface area contributed by atoms with Crippen LogP contribution in [-0.4, -0.2) is 17.3 Å². The first-order valence-corrected chi connectivity index (χ1v) is 4.50. The van der Waals surface area contributed by atoms with Crippen LogP contribution >= 0.6 is 0 Å². The molecule has 0 bridgehead atoms. The van der Waals surface area contributed by atoms with Crippen molar-refractivity contribution in [2.45, 2.75) is 31.9 Å². The second kappa shape index (κ2) is 4.20. The smallest absolute Gasteiger partial charge is 0.391 e. The number of rotatable bonds is 1. The van der Waals surface area contributed by atoms with E-state index in [1.54, 1.807) is 0 Å². The standard InChI is InChI=1S/C9H10F4O2/c10-7(8(14)15)5-1-3-6(4-2-5)9(11,12)13/h6H,1-4H2,(H,14,15). The summed E-state index contributed by atoms with van der Waals surface area (Å²) in [4.78, 5) is 10.2. The maximum atomic E-state index is 12.8. The Morgan fingerprint density at radius 3 is 2.07 bits per heavy atom. The molecule has 0 aromatic rings. The van der Waals surface area contributed by atoms with Gasteiger partial charge in [0, 0.05) is 0 Å². The number of carboxylic acids is 1. The van der Waals surface area contributed by atoms with Crippen molar-refractivity contribution >= 4 is 5.97 Å². The lowest BCUT2D eigenvalue weighted by atomic mass is 9.85. The summed E-state index contributed by atoms with van der Waals surface area (Å²) in [5.74, 6) is -4.42. The third kappa shape index (κ3) is 2.94. The number of hydrogen-bond acceptors (Lipinski definition) is 1. The van der Waals surface area contributed by atoms with Crippen LogP contribution in [-0.2, 0) is 4.79 Å². The first-order chi connectivity index (χ1) is 6.82. The van der Waals surface area contributed by atoms with Gasteiger partial charge in [-0.3, -0.25) is 0 Å². The first kappa shape index (κ1) is 12.0. The predicted octanol–water partition coefficient (Wildman–Crippen LogP) is 3.05. The summed E-state index contributed by atoms with van der Waals surface area (Å²) in [5.41, 5.74) is -0.0111. The number of allylic oxidation sites excluding steroid dienone is 1. The van der Waals surface area contributed by atoms with Crippen molar-refractivity contribution < 1.29 is 27.5 Å². The SMILES string of the molecule is O=C(O)C(F)=C1CCC(C(F)(F)F)CC1. The molecule has 0 heterocycles. The number of carbonyl (C=O) groups is 1. The molecule has 0 aliphatic heterocycles. The highest BCUT2D eigenvalue weighted by atomic mass is 19.4. The van der Waals surface area contributed by atoms with Crippen LogP contribution < -0.4 is 0 Å². The van der Waals surface area contributed by atoms with Crippen molar-refractivity contribution in [1.29, 1.82) is 0 Å². The zero-order valence-electron chi connectivity index (χ0n) is 7.77. The Kier molecular flexibility index (Phi) is 3.36. The molecular weight excluding hydrogens is 216 g/mol. The Bertz CT molecular complexity index is 283. The molecular formula is C9H10F4O2. The second-order valence-corrected chi connectivity index (χ2v) is 3.54. The van der Waals surface area contributed by atoms with Crippen LogP contribution in [0.3, 0.4) is 0 Å². The quantitative estimate of drug-likeness (QED) is 0.551. The summed E-state index contributed by atoms with van der Waals surface area (Å²) < 4.78 is 49.4. The molecule has 1 aliphatic rings. The lowest BCUT2D eigenvalue weighted by Gasteiger charge is -2.25. The van der Waals surface area contributed by atoms with Gasteiger partial charge in [-0.1, -0.05) is 0 Å². The van der Waals surface area contributed by atoms with E-state index < -0.39 is 23.9 Å². The lowest BCUT2D eigenvalue weighted by molar-refractivity contribution is -0.179. The van der Waals surface area contributed by atoms with Gasteiger partial charge >= 0.3 is 12.1 Å². The Balaban J connectivity index is 2.64. The monoisotopic (exact) mass is 226 g/mol. The normalized spacial score (nSPS) is 22.7. The molecule has 0 aromatic carbocycles. The fourth-order valence-electron chi connectivity index (χ4n) is 1.66. The molecule has 0 saturated heterocycles. The van der Waals surface area contributed by atoms with E-state index in [-0.39, 0.29) is 31.3 Å². The van der Waals surface area contributed by atoms with Crippen LogP contribution in [0.25, 0.3) is 0 Å². The Morgan fingerprint density at radius 2 is 1.73 bits per heavy atom. The first-order valence-electron chi connectivity index (χ1n) is 4.50. The molecule has 6 heteroatoms. The van der Waals surface area contributed by atoms with Gasteiger partial charge in [-0.2, -0.15) is 17.6 Å². The highest BCUT2D eigenvalue weighted by Crippen LogP contribution is 2.40. The molecule has 2 nitrogen and oxygen atoms in total. The summed E-state index contributed by atoms with van der Waals surface area (Å²) in [6.45, 7) is 0. The summed E-state index contributed by atoms with van der Waals surface area (Å²) in [5, 5.41) is 8.30. The van der Waals surface area contributed by atoms with Crippen LogP contribution in [0.4, 0.5) is 17.6 Å². The average Bonchev–Trinajstić information content (AvgIpc) is 2.15. The van der Waals surface area contributed by atoms with E-state index in [0.29, 0.717) is 0 Å². The van der Waals surface area contributed by atoms with Crippen molar-refractivity contribution in [3.05, 3.63) is 11.4 Å². The minimum absolute atomic E-state index is 0.0111. The minimum Gasteiger partial charge on any atom is -0.476 e. The third-order valence-electron chi connectivity index (χ3n) is 2.55. The van der Waals surface area contributed by atoms with Gasteiger partial charge in [-0.15, -0.1) is 0 Å². The van der Waals surface area contributed by atoms with Crippen LogP contribution in [0.2, 0.25) is 0 Å². The number of aliphatic carboxylic acids is 1. The summed E-state index contributed by atoms with van der Waals surface area (Å²) in [7, 11) is 0. The largest absolute Gasteiger partial charge is 0.476 e. The molecule has 1 fully saturated rings. The van der Waals surface area contributed by atoms with Crippen molar-refractivity contribution in [2.75, 3.05) is 0 Å². The van der Waals surface area contributed by atoms with Crippen molar-refractivity contribution in [2.24, 2.45) is 5.92 Å². The Labute approximate surface area is 83.6 Å². The molecule has 1 rings (SSSR count). The van der Waals surface area contributed by atoms with E-state index in [9.17, 15) is 22.4 Å². The predicted molar refractivity (Wildman–Crippen MR) is 43.8 cm³/mol. The van der Waals surface area contributed by atoms with E-state index in [4.69, 9.17) is 5.11 Å². The highest BCUT2D eigenvalue weighted by molar-refractivity contribution is 5.84. The Hall–Kier alpha value is -1.07. The lowest BCUT2D eigenvalue weighted by Crippen LogP contribution is -2.26. The van der Waals surface area contributed by atoms with Gasteiger partial charge in [0.05, 0.1) is 5.92 Å². The zero-order chi connectivity index (χ0) is 11.6. The number of halogens is 4. The number of hydrogen-bond donors (Lipinski definition) is 1. The molecule has 0 atom stereocenters. The van der Waals surface area contributed by atoms with Gasteiger partial charge in [0.15, 0.2) is 0 Å². The number of carboxylic acid groups (broad SMARTS) is 1. The van der Waals surface area contributed by atoms with E-state index >= 15 is 0 Å². The Morgan fingerprint density at radius 1 is 1.27 bits per heavy atom. The van der Waals surface area contributed by atoms with Gasteiger partial charge < -0.3 is 5.11 Å². The summed E-state index contributed by atoms with van der Waals surface area (Å²) in [6.07, 6.45) is -4.95. The van der Waals surface area contributed by atoms with Crippen molar-refractivity contribution in [3.63, 3.8) is 0 Å². The molecule has 86 valence electrons. The van der Waals surface area contributed by atoms with Gasteiger partial charge in [0.2, 0.25) is 5.83 Å². The van der Waals surface area contributed by atoms with E-state index in [1.165, 1.54) is 0 Å². The minimum atomic E-state index is -4.26. The third-order valence-corrected chi connectivity index (χ3v) is 2.55. The van der Waals surface area contributed by atoms with Gasteiger partial charge in [-0.05, 0) is 31.3 Å².